The van der Waals surface area contributed by atoms with E-state index in [2.05, 4.69) is 13.8 Å². The van der Waals surface area contributed by atoms with E-state index in [1.165, 1.54) is 6.42 Å². The van der Waals surface area contributed by atoms with Gasteiger partial charge in [-0.05, 0) is 79.9 Å². The van der Waals surface area contributed by atoms with Crippen molar-refractivity contribution >= 4 is 12.1 Å². The van der Waals surface area contributed by atoms with E-state index in [4.69, 9.17) is 14.6 Å². The molecule has 0 saturated heterocycles. The van der Waals surface area contributed by atoms with E-state index < -0.39 is 29.3 Å². The van der Waals surface area contributed by atoms with Crippen LogP contribution in [0, 0.1) is 35.4 Å². The smallest absolute Gasteiger partial charge is 0.478 e. The molecule has 5 rings (SSSR count). The molecule has 1 aromatic carbocycles. The molecule has 146 valence electrons. The molecule has 0 radical (unpaired) electrons. The summed E-state index contributed by atoms with van der Waals surface area (Å²) < 4.78 is 25.1. The fourth-order valence-electron chi connectivity index (χ4n) is 6.12. The third-order valence-corrected chi connectivity index (χ3v) is 6.95. The number of carboxylic acids is 1. The molecule has 0 aliphatic heterocycles. The number of hydrogen-bond acceptors (Lipinski definition) is 4. The Morgan fingerprint density at radius 3 is 2.22 bits per heavy atom. The highest BCUT2D eigenvalue weighted by molar-refractivity contribution is 5.88. The maximum atomic E-state index is 14.0. The first-order valence-corrected chi connectivity index (χ1v) is 9.73. The summed E-state index contributed by atoms with van der Waals surface area (Å²) in [4.78, 5) is 23.7. The van der Waals surface area contributed by atoms with Crippen LogP contribution in [0.2, 0.25) is 0 Å². The summed E-state index contributed by atoms with van der Waals surface area (Å²) in [6.45, 7) is 4.14. The number of carbonyl (C=O) groups is 2. The van der Waals surface area contributed by atoms with Crippen LogP contribution in [-0.4, -0.2) is 22.8 Å². The summed E-state index contributed by atoms with van der Waals surface area (Å²) in [6.07, 6.45) is 4.63. The summed E-state index contributed by atoms with van der Waals surface area (Å²) in [6, 6.07) is 3.12. The number of ether oxygens (including phenoxy) is 2. The first-order valence-electron chi connectivity index (χ1n) is 9.73. The molecule has 4 aliphatic rings. The Morgan fingerprint density at radius 2 is 1.70 bits per heavy atom. The molecule has 0 heterocycles. The SMILES string of the molecule is CC(C)C1(OC(=O)Oc2cc(C(=O)O)ccc2F)C2CC3CC(C2)CC1C3. The normalized spacial score (nSPS) is 33.9. The summed E-state index contributed by atoms with van der Waals surface area (Å²) in [5.74, 6) is -0.202. The zero-order chi connectivity index (χ0) is 19.3. The monoisotopic (exact) mass is 376 g/mol. The van der Waals surface area contributed by atoms with Crippen molar-refractivity contribution in [2.24, 2.45) is 29.6 Å². The van der Waals surface area contributed by atoms with Gasteiger partial charge in [0.05, 0.1) is 5.56 Å². The Balaban J connectivity index is 1.56. The van der Waals surface area contributed by atoms with Crippen LogP contribution < -0.4 is 4.74 Å². The summed E-state index contributed by atoms with van der Waals surface area (Å²) >= 11 is 0. The van der Waals surface area contributed by atoms with Gasteiger partial charge in [-0.25, -0.2) is 14.0 Å². The number of carboxylic acid groups (broad SMARTS) is 1. The van der Waals surface area contributed by atoms with Gasteiger partial charge in [0.25, 0.3) is 0 Å². The molecule has 5 nitrogen and oxygen atoms in total. The topological polar surface area (TPSA) is 72.8 Å². The zero-order valence-corrected chi connectivity index (χ0v) is 15.6. The quantitative estimate of drug-likeness (QED) is 0.598. The molecule has 0 aromatic heterocycles. The molecule has 4 fully saturated rings. The highest BCUT2D eigenvalue weighted by Crippen LogP contribution is 2.61. The highest BCUT2D eigenvalue weighted by Gasteiger charge is 2.61. The van der Waals surface area contributed by atoms with E-state index in [1.54, 1.807) is 0 Å². The summed E-state index contributed by atoms with van der Waals surface area (Å²) in [5, 5.41) is 9.05. The maximum Gasteiger partial charge on any atom is 0.514 e. The Hall–Kier alpha value is -2.11. The first-order chi connectivity index (χ1) is 12.8. The Morgan fingerprint density at radius 1 is 1.11 bits per heavy atom. The first kappa shape index (κ1) is 18.3. The van der Waals surface area contributed by atoms with Crippen molar-refractivity contribution in [1.82, 2.24) is 0 Å². The lowest BCUT2D eigenvalue weighted by molar-refractivity contribution is -0.201. The van der Waals surface area contributed by atoms with Gasteiger partial charge in [-0.1, -0.05) is 13.8 Å². The van der Waals surface area contributed by atoms with Gasteiger partial charge in [0.1, 0.15) is 5.60 Å². The van der Waals surface area contributed by atoms with Gasteiger partial charge in [-0.2, -0.15) is 0 Å². The number of hydrogen-bond donors (Lipinski definition) is 1. The number of halogens is 1. The minimum Gasteiger partial charge on any atom is -0.478 e. The molecule has 27 heavy (non-hydrogen) atoms. The number of rotatable bonds is 4. The lowest BCUT2D eigenvalue weighted by Crippen LogP contribution is -2.62. The average molecular weight is 376 g/mol. The third-order valence-electron chi connectivity index (χ3n) is 6.95. The molecular formula is C21H25FO5. The van der Waals surface area contributed by atoms with Crippen molar-refractivity contribution in [3.63, 3.8) is 0 Å². The molecule has 0 unspecified atom stereocenters. The Labute approximate surface area is 157 Å². The lowest BCUT2D eigenvalue weighted by Gasteiger charge is -2.61. The molecular weight excluding hydrogens is 351 g/mol. The standard InChI is InChI=1S/C21H25FO5/c1-11(2)21(15-6-12-5-13(8-15)9-16(21)7-12)27-20(25)26-18-10-14(19(23)24)3-4-17(18)22/h3-4,10-13,15-16H,5-9H2,1-2H3,(H,23,24). The zero-order valence-electron chi connectivity index (χ0n) is 15.6. The van der Waals surface area contributed by atoms with E-state index >= 15 is 0 Å². The van der Waals surface area contributed by atoms with Crippen molar-refractivity contribution < 1.29 is 28.6 Å². The van der Waals surface area contributed by atoms with Crippen LogP contribution in [0.3, 0.4) is 0 Å². The van der Waals surface area contributed by atoms with Crippen LogP contribution in [0.1, 0.15) is 56.3 Å². The van der Waals surface area contributed by atoms with Gasteiger partial charge in [0.15, 0.2) is 11.6 Å². The second-order valence-electron chi connectivity index (χ2n) is 8.72. The van der Waals surface area contributed by atoms with Crippen molar-refractivity contribution in [3.8, 4) is 5.75 Å². The van der Waals surface area contributed by atoms with E-state index in [0.29, 0.717) is 11.8 Å². The second-order valence-corrected chi connectivity index (χ2v) is 8.72. The third kappa shape index (κ3) is 2.99. The van der Waals surface area contributed by atoms with Crippen LogP contribution in [0.15, 0.2) is 18.2 Å². The molecule has 6 heteroatoms. The van der Waals surface area contributed by atoms with Gasteiger partial charge in [-0.3, -0.25) is 0 Å². The van der Waals surface area contributed by atoms with Crippen molar-refractivity contribution in [2.75, 3.05) is 0 Å². The van der Waals surface area contributed by atoms with Crippen LogP contribution in [0.25, 0.3) is 0 Å². The van der Waals surface area contributed by atoms with E-state index in [9.17, 15) is 14.0 Å². The molecule has 0 amide bonds. The summed E-state index contributed by atoms with van der Waals surface area (Å²) in [7, 11) is 0. The van der Waals surface area contributed by atoms with E-state index in [0.717, 1.165) is 55.7 Å². The van der Waals surface area contributed by atoms with E-state index in [1.807, 2.05) is 0 Å². The number of aromatic carboxylic acids is 1. The fourth-order valence-corrected chi connectivity index (χ4v) is 6.12. The van der Waals surface area contributed by atoms with Crippen molar-refractivity contribution in [1.29, 1.82) is 0 Å². The lowest BCUT2D eigenvalue weighted by atomic mass is 9.47. The number of benzene rings is 1. The maximum absolute atomic E-state index is 14.0. The van der Waals surface area contributed by atoms with Gasteiger partial charge in [0.2, 0.25) is 0 Å². The van der Waals surface area contributed by atoms with Gasteiger partial charge >= 0.3 is 12.1 Å². The molecule has 1 N–H and O–H groups in total. The Kier molecular flexibility index (Phi) is 4.40. The predicted octanol–water partition coefficient (Wildman–Crippen LogP) is 4.89. The van der Waals surface area contributed by atoms with Gasteiger partial charge in [-0.15, -0.1) is 0 Å². The van der Waals surface area contributed by atoms with Gasteiger partial charge < -0.3 is 14.6 Å². The molecule has 0 atom stereocenters. The van der Waals surface area contributed by atoms with Crippen molar-refractivity contribution in [2.45, 2.75) is 51.6 Å². The highest BCUT2D eigenvalue weighted by atomic mass is 19.1. The Bertz CT molecular complexity index is 744. The largest absolute Gasteiger partial charge is 0.514 e. The fraction of sp³-hybridized carbons (Fsp3) is 0.619. The number of carbonyl (C=O) groups excluding carboxylic acids is 1. The van der Waals surface area contributed by atoms with E-state index in [-0.39, 0.29) is 11.5 Å². The van der Waals surface area contributed by atoms with Crippen LogP contribution >= 0.6 is 0 Å². The minimum absolute atomic E-state index is 0.134. The molecule has 4 bridgehead atoms. The van der Waals surface area contributed by atoms with Crippen LogP contribution in [0.4, 0.5) is 9.18 Å². The second kappa shape index (κ2) is 6.50. The van der Waals surface area contributed by atoms with Crippen LogP contribution in [-0.2, 0) is 4.74 Å². The summed E-state index contributed by atoms with van der Waals surface area (Å²) in [5.41, 5.74) is -0.724. The molecule has 4 aliphatic carbocycles. The minimum atomic E-state index is -1.21. The average Bonchev–Trinajstić information content (AvgIpc) is 2.59. The predicted molar refractivity (Wildman–Crippen MR) is 95.1 cm³/mol. The molecule has 1 aromatic rings. The molecule has 4 saturated carbocycles. The van der Waals surface area contributed by atoms with Gasteiger partial charge in [0, 0.05) is 0 Å². The van der Waals surface area contributed by atoms with Crippen LogP contribution in [0.5, 0.6) is 5.75 Å². The van der Waals surface area contributed by atoms with Crippen molar-refractivity contribution in [3.05, 3.63) is 29.6 Å². The molecule has 0 spiro atoms.